The van der Waals surface area contributed by atoms with Crippen LogP contribution in [0.2, 0.25) is 5.02 Å². The number of rotatable bonds is 4. The van der Waals surface area contributed by atoms with E-state index in [9.17, 15) is 8.42 Å². The zero-order chi connectivity index (χ0) is 15.8. The molecular formula is C15H20ClNO4S. The minimum absolute atomic E-state index is 0.110. The minimum atomic E-state index is -3.49. The van der Waals surface area contributed by atoms with Crippen molar-refractivity contribution < 1.29 is 17.9 Å². The number of hydrogen-bond acceptors (Lipinski definition) is 4. The summed E-state index contributed by atoms with van der Waals surface area (Å²) in [6.45, 7) is 2.94. The van der Waals surface area contributed by atoms with E-state index in [2.05, 4.69) is 0 Å². The molecule has 2 aliphatic heterocycles. The molecule has 0 aromatic heterocycles. The molecule has 2 saturated heterocycles. The predicted molar refractivity (Wildman–Crippen MR) is 83.4 cm³/mol. The van der Waals surface area contributed by atoms with Gasteiger partial charge in [-0.25, -0.2) is 8.42 Å². The second-order valence-corrected chi connectivity index (χ2v) is 8.49. The van der Waals surface area contributed by atoms with Crippen molar-refractivity contribution >= 4 is 21.6 Å². The summed E-state index contributed by atoms with van der Waals surface area (Å²) in [4.78, 5) is 0.244. The molecule has 0 amide bonds. The molecule has 2 aliphatic rings. The van der Waals surface area contributed by atoms with Gasteiger partial charge < -0.3 is 9.47 Å². The molecule has 0 N–H and O–H groups in total. The molecule has 1 aromatic carbocycles. The first-order valence-corrected chi connectivity index (χ1v) is 9.13. The van der Waals surface area contributed by atoms with Crippen LogP contribution in [0, 0.1) is 5.41 Å². The molecule has 0 atom stereocenters. The first-order valence-electron chi connectivity index (χ1n) is 7.32. The van der Waals surface area contributed by atoms with E-state index in [1.54, 1.807) is 23.5 Å². The van der Waals surface area contributed by atoms with Gasteiger partial charge in [0.2, 0.25) is 10.0 Å². The highest BCUT2D eigenvalue weighted by Gasteiger charge is 2.48. The van der Waals surface area contributed by atoms with Crippen LogP contribution >= 0.6 is 11.6 Å². The van der Waals surface area contributed by atoms with Crippen LogP contribution in [0.5, 0.6) is 0 Å². The van der Waals surface area contributed by atoms with Gasteiger partial charge >= 0.3 is 0 Å². The van der Waals surface area contributed by atoms with Gasteiger partial charge in [-0.2, -0.15) is 4.31 Å². The normalized spacial score (nSPS) is 21.7. The first-order chi connectivity index (χ1) is 10.5. The summed E-state index contributed by atoms with van der Waals surface area (Å²) in [6, 6.07) is 4.87. The van der Waals surface area contributed by atoms with E-state index in [-0.39, 0.29) is 10.3 Å². The Bertz CT molecular complexity index is 648. The Balaban J connectivity index is 1.79. The SMILES string of the molecule is COCc1cc(Cl)cc(S(=O)(=O)N2CC3(CCOCC3)C2)c1. The Morgan fingerprint density at radius 1 is 1.27 bits per heavy atom. The Morgan fingerprint density at radius 3 is 2.59 bits per heavy atom. The monoisotopic (exact) mass is 345 g/mol. The Labute approximate surface area is 136 Å². The van der Waals surface area contributed by atoms with E-state index >= 15 is 0 Å². The number of methoxy groups -OCH3 is 1. The summed E-state index contributed by atoms with van der Waals surface area (Å²) in [5.41, 5.74) is 0.870. The van der Waals surface area contributed by atoms with Gasteiger partial charge in [0.25, 0.3) is 0 Å². The summed E-state index contributed by atoms with van der Waals surface area (Å²) >= 11 is 6.04. The van der Waals surface area contributed by atoms with Crippen molar-refractivity contribution in [3.63, 3.8) is 0 Å². The van der Waals surface area contributed by atoms with Gasteiger partial charge in [-0.1, -0.05) is 11.6 Å². The van der Waals surface area contributed by atoms with E-state index in [1.807, 2.05) is 0 Å². The van der Waals surface area contributed by atoms with E-state index in [4.69, 9.17) is 21.1 Å². The van der Waals surface area contributed by atoms with Gasteiger partial charge in [-0.15, -0.1) is 0 Å². The smallest absolute Gasteiger partial charge is 0.243 e. The number of hydrogen-bond donors (Lipinski definition) is 0. The van der Waals surface area contributed by atoms with Gasteiger partial charge in [-0.3, -0.25) is 0 Å². The van der Waals surface area contributed by atoms with Gasteiger partial charge in [-0.05, 0) is 36.6 Å². The van der Waals surface area contributed by atoms with Crippen molar-refractivity contribution in [2.75, 3.05) is 33.4 Å². The third-order valence-electron chi connectivity index (χ3n) is 4.46. The fraction of sp³-hybridized carbons (Fsp3) is 0.600. The maximum Gasteiger partial charge on any atom is 0.243 e. The highest BCUT2D eigenvalue weighted by molar-refractivity contribution is 7.89. The van der Waals surface area contributed by atoms with E-state index in [1.165, 1.54) is 6.07 Å². The molecule has 2 heterocycles. The summed E-state index contributed by atoms with van der Waals surface area (Å²) in [5.74, 6) is 0. The number of nitrogens with zero attached hydrogens (tertiary/aromatic N) is 1. The van der Waals surface area contributed by atoms with Crippen LogP contribution < -0.4 is 0 Å². The quantitative estimate of drug-likeness (QED) is 0.840. The standard InChI is InChI=1S/C15H20ClNO4S/c1-20-9-12-6-13(16)8-14(7-12)22(18,19)17-10-15(11-17)2-4-21-5-3-15/h6-8H,2-5,9-11H2,1H3. The van der Waals surface area contributed by atoms with Crippen molar-refractivity contribution in [1.82, 2.24) is 4.31 Å². The molecular weight excluding hydrogens is 326 g/mol. The lowest BCUT2D eigenvalue weighted by Gasteiger charge is -2.51. The van der Waals surface area contributed by atoms with Crippen molar-refractivity contribution in [2.24, 2.45) is 5.41 Å². The largest absolute Gasteiger partial charge is 0.381 e. The molecule has 0 radical (unpaired) electrons. The lowest BCUT2D eigenvalue weighted by Crippen LogP contribution is -2.60. The molecule has 0 bridgehead atoms. The molecule has 7 heteroatoms. The maximum absolute atomic E-state index is 12.7. The summed E-state index contributed by atoms with van der Waals surface area (Å²) in [7, 11) is -1.92. The summed E-state index contributed by atoms with van der Waals surface area (Å²) < 4.78 is 37.5. The van der Waals surface area contributed by atoms with Crippen molar-refractivity contribution in [3.05, 3.63) is 28.8 Å². The average Bonchev–Trinajstić information content (AvgIpc) is 2.45. The molecule has 1 aromatic rings. The average molecular weight is 346 g/mol. The molecule has 0 unspecified atom stereocenters. The van der Waals surface area contributed by atoms with E-state index in [0.29, 0.717) is 24.7 Å². The Hall–Kier alpha value is -0.660. The molecule has 3 rings (SSSR count). The third kappa shape index (κ3) is 3.03. The van der Waals surface area contributed by atoms with Crippen molar-refractivity contribution in [1.29, 1.82) is 0 Å². The number of sulfonamides is 1. The first kappa shape index (κ1) is 16.2. The zero-order valence-corrected chi connectivity index (χ0v) is 14.1. The predicted octanol–water partition coefficient (Wildman–Crippen LogP) is 2.29. The second kappa shape index (κ2) is 6.09. The van der Waals surface area contributed by atoms with Crippen LogP contribution in [0.15, 0.2) is 23.1 Å². The molecule has 5 nitrogen and oxygen atoms in total. The zero-order valence-electron chi connectivity index (χ0n) is 12.5. The minimum Gasteiger partial charge on any atom is -0.381 e. The van der Waals surface area contributed by atoms with Gasteiger partial charge in [0.05, 0.1) is 11.5 Å². The molecule has 1 spiro atoms. The van der Waals surface area contributed by atoms with Crippen LogP contribution in [0.1, 0.15) is 18.4 Å². The molecule has 122 valence electrons. The van der Waals surface area contributed by atoms with Crippen molar-refractivity contribution in [2.45, 2.75) is 24.3 Å². The van der Waals surface area contributed by atoms with Crippen LogP contribution in [0.3, 0.4) is 0 Å². The summed E-state index contributed by atoms with van der Waals surface area (Å²) in [6.07, 6.45) is 1.87. The van der Waals surface area contributed by atoms with Crippen LogP contribution in [0.25, 0.3) is 0 Å². The number of ether oxygens (including phenoxy) is 2. The second-order valence-electron chi connectivity index (χ2n) is 6.11. The van der Waals surface area contributed by atoms with Crippen LogP contribution in [-0.2, 0) is 26.1 Å². The third-order valence-corrected chi connectivity index (χ3v) is 6.44. The fourth-order valence-electron chi connectivity index (χ4n) is 3.16. The fourth-order valence-corrected chi connectivity index (χ4v) is 5.25. The lowest BCUT2D eigenvalue weighted by atomic mass is 9.75. The van der Waals surface area contributed by atoms with E-state index in [0.717, 1.165) is 31.6 Å². The number of halogens is 1. The highest BCUT2D eigenvalue weighted by Crippen LogP contribution is 2.42. The Morgan fingerprint density at radius 2 is 1.95 bits per heavy atom. The highest BCUT2D eigenvalue weighted by atomic mass is 35.5. The molecule has 22 heavy (non-hydrogen) atoms. The molecule has 2 fully saturated rings. The van der Waals surface area contributed by atoms with Gasteiger partial charge in [0.15, 0.2) is 0 Å². The lowest BCUT2D eigenvalue weighted by molar-refractivity contribution is -0.0476. The topological polar surface area (TPSA) is 55.8 Å². The molecule has 0 saturated carbocycles. The van der Waals surface area contributed by atoms with Crippen LogP contribution in [0.4, 0.5) is 0 Å². The van der Waals surface area contributed by atoms with Crippen molar-refractivity contribution in [3.8, 4) is 0 Å². The van der Waals surface area contributed by atoms with Gasteiger partial charge in [0, 0.05) is 43.9 Å². The summed E-state index contributed by atoms with van der Waals surface area (Å²) in [5, 5.41) is 0.412. The van der Waals surface area contributed by atoms with Gasteiger partial charge in [0.1, 0.15) is 0 Å². The Kier molecular flexibility index (Phi) is 4.49. The number of benzene rings is 1. The maximum atomic E-state index is 12.7. The molecule has 0 aliphatic carbocycles. The van der Waals surface area contributed by atoms with Crippen LogP contribution in [-0.4, -0.2) is 46.1 Å². The van der Waals surface area contributed by atoms with E-state index < -0.39 is 10.0 Å².